The predicted molar refractivity (Wildman–Crippen MR) is 101 cm³/mol. The van der Waals surface area contributed by atoms with Crippen molar-refractivity contribution >= 4 is 35.0 Å². The third-order valence-electron chi connectivity index (χ3n) is 3.99. The highest BCUT2D eigenvalue weighted by molar-refractivity contribution is 6.42. The van der Waals surface area contributed by atoms with E-state index in [0.29, 0.717) is 21.2 Å². The molecular weight excluding hydrogens is 378 g/mol. The van der Waals surface area contributed by atoms with Crippen LogP contribution in [0.2, 0.25) is 10.0 Å². The highest BCUT2D eigenvalue weighted by atomic mass is 35.5. The van der Waals surface area contributed by atoms with Gasteiger partial charge in [-0.25, -0.2) is 4.39 Å². The number of hydrogen-bond donors (Lipinski definition) is 2. The number of rotatable bonds is 6. The predicted octanol–water partition coefficient (Wildman–Crippen LogP) is 3.96. The van der Waals surface area contributed by atoms with Crippen LogP contribution in [-0.4, -0.2) is 24.9 Å². The lowest BCUT2D eigenvalue weighted by Crippen LogP contribution is -2.43. The smallest absolute Gasteiger partial charge is 0.251 e. The summed E-state index contributed by atoms with van der Waals surface area (Å²) >= 11 is 11.7. The first-order valence-corrected chi connectivity index (χ1v) is 8.75. The second-order valence-electron chi connectivity index (χ2n) is 6.28. The van der Waals surface area contributed by atoms with Gasteiger partial charge in [0.05, 0.1) is 15.5 Å². The van der Waals surface area contributed by atoms with Crippen molar-refractivity contribution in [3.05, 3.63) is 69.5 Å². The largest absolute Gasteiger partial charge is 0.354 e. The summed E-state index contributed by atoms with van der Waals surface area (Å²) in [5.74, 6) is -0.966. The Morgan fingerprint density at radius 2 is 1.69 bits per heavy atom. The minimum absolute atomic E-state index is 0.240. The van der Waals surface area contributed by atoms with Crippen LogP contribution in [-0.2, 0) is 10.2 Å². The van der Waals surface area contributed by atoms with E-state index in [0.717, 1.165) is 0 Å². The van der Waals surface area contributed by atoms with Crippen LogP contribution in [0, 0.1) is 5.82 Å². The van der Waals surface area contributed by atoms with E-state index >= 15 is 0 Å². The zero-order valence-electron chi connectivity index (χ0n) is 14.4. The SMILES string of the molecule is CC(C)(C(=O)NCCNC(=O)c1ccc(Cl)c(Cl)c1)c1cccc(F)c1. The fourth-order valence-electron chi connectivity index (χ4n) is 2.32. The summed E-state index contributed by atoms with van der Waals surface area (Å²) in [6.45, 7) is 3.91. The van der Waals surface area contributed by atoms with Crippen LogP contribution in [0.15, 0.2) is 42.5 Å². The van der Waals surface area contributed by atoms with Gasteiger partial charge in [0.1, 0.15) is 5.82 Å². The molecule has 2 amide bonds. The standard InChI is InChI=1S/C19H19Cl2FN2O2/c1-19(2,13-4-3-5-14(22)11-13)18(26)24-9-8-23-17(25)12-6-7-15(20)16(21)10-12/h3-7,10-11H,8-9H2,1-2H3,(H,23,25)(H,24,26). The average Bonchev–Trinajstić information content (AvgIpc) is 2.60. The van der Waals surface area contributed by atoms with Crippen LogP contribution in [0.4, 0.5) is 4.39 Å². The maximum Gasteiger partial charge on any atom is 0.251 e. The Kier molecular flexibility index (Phi) is 6.62. The molecule has 0 unspecified atom stereocenters. The van der Waals surface area contributed by atoms with E-state index in [1.807, 2.05) is 0 Å². The summed E-state index contributed by atoms with van der Waals surface area (Å²) < 4.78 is 13.4. The molecule has 26 heavy (non-hydrogen) atoms. The molecule has 2 N–H and O–H groups in total. The van der Waals surface area contributed by atoms with Gasteiger partial charge < -0.3 is 10.6 Å². The molecule has 138 valence electrons. The number of amides is 2. The van der Waals surface area contributed by atoms with E-state index in [-0.39, 0.29) is 24.9 Å². The molecule has 0 aromatic heterocycles. The second-order valence-corrected chi connectivity index (χ2v) is 7.09. The van der Waals surface area contributed by atoms with E-state index in [1.165, 1.54) is 18.2 Å². The van der Waals surface area contributed by atoms with Crippen LogP contribution in [0.5, 0.6) is 0 Å². The summed E-state index contributed by atoms with van der Waals surface area (Å²) in [4.78, 5) is 24.4. The van der Waals surface area contributed by atoms with E-state index in [2.05, 4.69) is 10.6 Å². The number of halogens is 3. The third kappa shape index (κ3) is 4.96. The second kappa shape index (κ2) is 8.52. The van der Waals surface area contributed by atoms with Crippen LogP contribution in [0.25, 0.3) is 0 Å². The fraction of sp³-hybridized carbons (Fsp3) is 0.263. The minimum Gasteiger partial charge on any atom is -0.354 e. The van der Waals surface area contributed by atoms with Crippen LogP contribution in [0.1, 0.15) is 29.8 Å². The molecule has 0 fully saturated rings. The molecule has 0 aliphatic rings. The first kappa shape index (κ1) is 20.2. The highest BCUT2D eigenvalue weighted by Gasteiger charge is 2.29. The van der Waals surface area contributed by atoms with Crippen LogP contribution in [0.3, 0.4) is 0 Å². The molecule has 4 nitrogen and oxygen atoms in total. The molecule has 0 aliphatic heterocycles. The van der Waals surface area contributed by atoms with Gasteiger partial charge in [-0.3, -0.25) is 9.59 Å². The van der Waals surface area contributed by atoms with Gasteiger partial charge in [-0.1, -0.05) is 35.3 Å². The van der Waals surface area contributed by atoms with Crippen LogP contribution >= 0.6 is 23.2 Å². The molecule has 7 heteroatoms. The summed E-state index contributed by atoms with van der Waals surface area (Å²) in [5.41, 5.74) is 0.0659. The van der Waals surface area contributed by atoms with E-state index < -0.39 is 11.2 Å². The molecule has 2 aromatic carbocycles. The van der Waals surface area contributed by atoms with Gasteiger partial charge in [-0.15, -0.1) is 0 Å². The van der Waals surface area contributed by atoms with Gasteiger partial charge in [-0.2, -0.15) is 0 Å². The fourth-order valence-corrected chi connectivity index (χ4v) is 2.62. The maximum atomic E-state index is 13.4. The lowest BCUT2D eigenvalue weighted by molar-refractivity contribution is -0.125. The molecule has 0 spiro atoms. The molecule has 0 radical (unpaired) electrons. The summed E-state index contributed by atoms with van der Waals surface area (Å²) in [6.07, 6.45) is 0. The summed E-state index contributed by atoms with van der Waals surface area (Å²) in [5, 5.41) is 6.10. The topological polar surface area (TPSA) is 58.2 Å². The number of hydrogen-bond acceptors (Lipinski definition) is 2. The Morgan fingerprint density at radius 3 is 2.35 bits per heavy atom. The maximum absolute atomic E-state index is 13.4. The van der Waals surface area contributed by atoms with Crippen molar-refractivity contribution < 1.29 is 14.0 Å². The quantitative estimate of drug-likeness (QED) is 0.726. The normalized spacial score (nSPS) is 11.1. The molecule has 2 aromatic rings. The van der Waals surface area contributed by atoms with Gasteiger partial charge in [0, 0.05) is 18.7 Å². The molecule has 0 bridgehead atoms. The molecule has 0 saturated heterocycles. The number of carbonyl (C=O) groups excluding carboxylic acids is 2. The van der Waals surface area contributed by atoms with Crippen molar-refractivity contribution in [3.8, 4) is 0 Å². The Labute approximate surface area is 161 Å². The minimum atomic E-state index is -0.893. The Balaban J connectivity index is 1.86. The van der Waals surface area contributed by atoms with Crippen molar-refractivity contribution in [1.29, 1.82) is 0 Å². The monoisotopic (exact) mass is 396 g/mol. The average molecular weight is 397 g/mol. The molecule has 0 heterocycles. The number of nitrogens with one attached hydrogen (secondary N) is 2. The number of carbonyl (C=O) groups is 2. The lowest BCUT2D eigenvalue weighted by atomic mass is 9.83. The molecule has 2 rings (SSSR count). The zero-order chi connectivity index (χ0) is 19.3. The van der Waals surface area contributed by atoms with E-state index in [4.69, 9.17) is 23.2 Å². The zero-order valence-corrected chi connectivity index (χ0v) is 15.9. The van der Waals surface area contributed by atoms with Crippen LogP contribution < -0.4 is 10.6 Å². The van der Waals surface area contributed by atoms with E-state index in [9.17, 15) is 14.0 Å². The molecule has 0 aliphatic carbocycles. The third-order valence-corrected chi connectivity index (χ3v) is 4.73. The first-order valence-electron chi connectivity index (χ1n) is 7.99. The van der Waals surface area contributed by atoms with E-state index in [1.54, 1.807) is 38.1 Å². The van der Waals surface area contributed by atoms with Gasteiger partial charge >= 0.3 is 0 Å². The van der Waals surface area contributed by atoms with Crippen molar-refractivity contribution in [3.63, 3.8) is 0 Å². The summed E-state index contributed by atoms with van der Waals surface area (Å²) in [6, 6.07) is 10.5. The molecule has 0 saturated carbocycles. The van der Waals surface area contributed by atoms with Gasteiger partial charge in [0.25, 0.3) is 5.91 Å². The molecular formula is C19H19Cl2FN2O2. The van der Waals surface area contributed by atoms with Crippen molar-refractivity contribution in [2.45, 2.75) is 19.3 Å². The van der Waals surface area contributed by atoms with Gasteiger partial charge in [0.2, 0.25) is 5.91 Å². The summed E-state index contributed by atoms with van der Waals surface area (Å²) in [7, 11) is 0. The number of benzene rings is 2. The van der Waals surface area contributed by atoms with Crippen molar-refractivity contribution in [2.24, 2.45) is 0 Å². The Bertz CT molecular complexity index is 825. The van der Waals surface area contributed by atoms with Gasteiger partial charge in [0.15, 0.2) is 0 Å². The molecule has 0 atom stereocenters. The van der Waals surface area contributed by atoms with Crippen molar-refractivity contribution in [1.82, 2.24) is 10.6 Å². The van der Waals surface area contributed by atoms with Crippen molar-refractivity contribution in [2.75, 3.05) is 13.1 Å². The Morgan fingerprint density at radius 1 is 1.00 bits per heavy atom. The Hall–Kier alpha value is -2.11. The lowest BCUT2D eigenvalue weighted by Gasteiger charge is -2.24. The first-order chi connectivity index (χ1) is 12.2. The highest BCUT2D eigenvalue weighted by Crippen LogP contribution is 2.24. The van der Waals surface area contributed by atoms with Gasteiger partial charge in [-0.05, 0) is 49.7 Å².